The summed E-state index contributed by atoms with van der Waals surface area (Å²) in [7, 11) is 2.84. The fourth-order valence-electron chi connectivity index (χ4n) is 4.05. The smallest absolute Gasteiger partial charge is 0.244 e. The van der Waals surface area contributed by atoms with Gasteiger partial charge in [-0.25, -0.2) is 0 Å². The van der Waals surface area contributed by atoms with E-state index in [4.69, 9.17) is 37.1 Å². The van der Waals surface area contributed by atoms with Gasteiger partial charge in [-0.3, -0.25) is 9.79 Å². The van der Waals surface area contributed by atoms with Crippen LogP contribution in [0.3, 0.4) is 0 Å². The van der Waals surface area contributed by atoms with Crippen LogP contribution in [0.25, 0.3) is 0 Å². The number of carbonyl (C=O) groups is 1. The molecule has 1 aliphatic carbocycles. The fraction of sp³-hybridized carbons (Fsp3) is 0.889. The van der Waals surface area contributed by atoms with Gasteiger partial charge in [-0.2, -0.15) is 0 Å². The second-order valence-electron chi connectivity index (χ2n) is 7.99. The maximum Gasteiger partial charge on any atom is 0.244 e. The monoisotopic (exact) mass is 432 g/mol. The fourth-order valence-corrected chi connectivity index (χ4v) is 4.05. The van der Waals surface area contributed by atoms with E-state index >= 15 is 0 Å². The molecule has 1 heterocycles. The van der Waals surface area contributed by atoms with Gasteiger partial charge in [-0.15, -0.1) is 0 Å². The third-order valence-electron chi connectivity index (χ3n) is 5.90. The van der Waals surface area contributed by atoms with Crippen LogP contribution in [0.4, 0.5) is 0 Å². The Morgan fingerprint density at radius 3 is 2.53 bits per heavy atom. The van der Waals surface area contributed by atoms with E-state index in [9.17, 15) is 15.0 Å². The van der Waals surface area contributed by atoms with E-state index in [0.717, 1.165) is 6.34 Å². The van der Waals surface area contributed by atoms with E-state index in [1.165, 1.54) is 19.1 Å². The molecular formula is C18H36N6O6. The summed E-state index contributed by atoms with van der Waals surface area (Å²) in [6.07, 6.45) is -3.29. The number of nitrogens with two attached hydrogens (primary N) is 4. The van der Waals surface area contributed by atoms with Crippen molar-refractivity contribution in [2.45, 2.75) is 80.7 Å². The lowest BCUT2D eigenvalue weighted by molar-refractivity contribution is -0.267. The highest BCUT2D eigenvalue weighted by Crippen LogP contribution is 2.31. The van der Waals surface area contributed by atoms with Gasteiger partial charge < -0.3 is 52.3 Å². The zero-order valence-corrected chi connectivity index (χ0v) is 17.7. The molecule has 1 saturated carbocycles. The summed E-state index contributed by atoms with van der Waals surface area (Å²) in [6, 6.07) is -2.62. The topological polar surface area (TPSA) is 205 Å². The highest BCUT2D eigenvalue weighted by atomic mass is 16.7. The first-order chi connectivity index (χ1) is 14.1. The maximum absolute atomic E-state index is 12.4. The van der Waals surface area contributed by atoms with Gasteiger partial charge in [0.15, 0.2) is 6.29 Å². The van der Waals surface area contributed by atoms with E-state index in [2.05, 4.69) is 4.99 Å². The van der Waals surface area contributed by atoms with Crippen LogP contribution in [0.5, 0.6) is 0 Å². The van der Waals surface area contributed by atoms with Gasteiger partial charge in [0.05, 0.1) is 36.7 Å². The number of aliphatic imine (C=N–C) groups is 1. The van der Waals surface area contributed by atoms with Crippen LogP contribution < -0.4 is 22.9 Å². The van der Waals surface area contributed by atoms with Gasteiger partial charge in [0, 0.05) is 20.2 Å². The van der Waals surface area contributed by atoms with E-state index in [0.29, 0.717) is 12.8 Å². The molecule has 2 fully saturated rings. The first-order valence-electron chi connectivity index (χ1n) is 10.1. The highest BCUT2D eigenvalue weighted by molar-refractivity contribution is 5.79. The van der Waals surface area contributed by atoms with Crippen LogP contribution in [-0.2, 0) is 19.0 Å². The molecule has 10 N–H and O–H groups in total. The van der Waals surface area contributed by atoms with Gasteiger partial charge in [0.2, 0.25) is 5.91 Å². The molecule has 1 aliphatic heterocycles. The first kappa shape index (κ1) is 24.9. The normalized spacial score (nSPS) is 41.0. The minimum absolute atomic E-state index is 0.215. The van der Waals surface area contributed by atoms with E-state index < -0.39 is 54.7 Å². The van der Waals surface area contributed by atoms with E-state index in [1.54, 1.807) is 0 Å². The molecule has 12 heteroatoms. The van der Waals surface area contributed by atoms with Crippen molar-refractivity contribution in [3.05, 3.63) is 0 Å². The third kappa shape index (κ3) is 5.26. The van der Waals surface area contributed by atoms with Crippen molar-refractivity contribution < 1.29 is 29.2 Å². The summed E-state index contributed by atoms with van der Waals surface area (Å²) in [5, 5.41) is 21.8. The molecule has 12 nitrogen and oxygen atoms in total. The number of methoxy groups -OCH3 is 1. The van der Waals surface area contributed by atoms with Crippen LogP contribution >= 0.6 is 0 Å². The standard InChI is InChI=1S/C18H36N6O6/c1-8(20)10-5-4-9(21)18(29-10)30-16-12(22)14(26)17(28-3)13(15(16)27)24(2)11(25)6-23-7-19/h7-10,12-18,26-27H,4-6,20-22H2,1-3H3,(H2,19,23)/t8-,9+,10-,12+,13-,14-,15+,16+,17+,18+/m0/s1. The summed E-state index contributed by atoms with van der Waals surface area (Å²) in [5.74, 6) is -0.424. The Kier molecular flexibility index (Phi) is 8.94. The van der Waals surface area contributed by atoms with Crippen molar-refractivity contribution in [3.63, 3.8) is 0 Å². The Morgan fingerprint density at radius 1 is 1.30 bits per heavy atom. The predicted octanol–water partition coefficient (Wildman–Crippen LogP) is -3.56. The molecule has 30 heavy (non-hydrogen) atoms. The van der Waals surface area contributed by atoms with Crippen molar-refractivity contribution >= 4 is 12.2 Å². The predicted molar refractivity (Wildman–Crippen MR) is 109 cm³/mol. The number of rotatable bonds is 7. The Balaban J connectivity index is 2.23. The van der Waals surface area contributed by atoms with E-state index in [-0.39, 0.29) is 18.7 Å². The van der Waals surface area contributed by atoms with Crippen molar-refractivity contribution in [1.82, 2.24) is 4.90 Å². The van der Waals surface area contributed by atoms with Gasteiger partial charge in [-0.05, 0) is 19.8 Å². The number of nitrogens with zero attached hydrogens (tertiary/aromatic N) is 2. The Labute approximate surface area is 176 Å². The zero-order valence-electron chi connectivity index (χ0n) is 17.7. The van der Waals surface area contributed by atoms with Gasteiger partial charge in [-0.1, -0.05) is 0 Å². The third-order valence-corrected chi connectivity index (χ3v) is 5.90. The Hall–Kier alpha value is -1.38. The molecule has 0 aromatic carbocycles. The molecule has 0 bridgehead atoms. The Bertz CT molecular complexity index is 596. The van der Waals surface area contributed by atoms with E-state index in [1.807, 2.05) is 6.92 Å². The lowest BCUT2D eigenvalue weighted by atomic mass is 9.80. The molecule has 174 valence electrons. The van der Waals surface area contributed by atoms with Crippen LogP contribution in [-0.4, -0.2) is 109 Å². The molecule has 0 aromatic heterocycles. The number of hydrogen-bond acceptors (Lipinski definition) is 10. The largest absolute Gasteiger partial charge is 0.390 e. The molecular weight excluding hydrogens is 396 g/mol. The minimum atomic E-state index is -1.28. The van der Waals surface area contributed by atoms with Gasteiger partial charge in [0.25, 0.3) is 0 Å². The number of aliphatic hydroxyl groups is 2. The lowest BCUT2D eigenvalue weighted by Crippen LogP contribution is -2.72. The van der Waals surface area contributed by atoms with Crippen LogP contribution in [0.15, 0.2) is 4.99 Å². The molecule has 2 aliphatic rings. The van der Waals surface area contributed by atoms with Crippen molar-refractivity contribution in [2.24, 2.45) is 27.9 Å². The van der Waals surface area contributed by atoms with Gasteiger partial charge in [0.1, 0.15) is 24.9 Å². The molecule has 1 amide bonds. The molecule has 0 spiro atoms. The average molecular weight is 433 g/mol. The van der Waals surface area contributed by atoms with Crippen molar-refractivity contribution in [1.29, 1.82) is 0 Å². The number of hydrogen-bond donors (Lipinski definition) is 6. The molecule has 0 unspecified atom stereocenters. The summed E-state index contributed by atoms with van der Waals surface area (Å²) in [6.45, 7) is 1.61. The molecule has 0 radical (unpaired) electrons. The molecule has 1 saturated heterocycles. The second kappa shape index (κ2) is 10.8. The SMILES string of the molecule is CO[C@H]1[C@@H](O)[C@@H](N)[C@@H](O[C@H]2O[C@H]([C@H](C)N)CC[C@H]2N)[C@H](O)[C@@H]1N(C)C(=O)CN=CN. The minimum Gasteiger partial charge on any atom is -0.390 e. The zero-order chi connectivity index (χ0) is 22.6. The number of likely N-dealkylation sites (N-methyl/N-ethyl adjacent to an activating group) is 1. The highest BCUT2D eigenvalue weighted by Gasteiger charge is 2.53. The summed E-state index contributed by atoms with van der Waals surface area (Å²) in [4.78, 5) is 17.4. The summed E-state index contributed by atoms with van der Waals surface area (Å²) >= 11 is 0. The summed E-state index contributed by atoms with van der Waals surface area (Å²) in [5.41, 5.74) is 23.5. The van der Waals surface area contributed by atoms with Crippen molar-refractivity contribution in [2.75, 3.05) is 20.7 Å². The van der Waals surface area contributed by atoms with Crippen LogP contribution in [0.2, 0.25) is 0 Å². The lowest BCUT2D eigenvalue weighted by Gasteiger charge is -2.50. The number of aliphatic hydroxyl groups excluding tert-OH is 2. The van der Waals surface area contributed by atoms with Gasteiger partial charge >= 0.3 is 0 Å². The van der Waals surface area contributed by atoms with Crippen molar-refractivity contribution in [3.8, 4) is 0 Å². The number of amides is 1. The number of ether oxygens (including phenoxy) is 3. The Morgan fingerprint density at radius 2 is 1.97 bits per heavy atom. The average Bonchev–Trinajstić information content (AvgIpc) is 2.72. The first-order valence-corrected chi connectivity index (χ1v) is 10.1. The molecule has 10 atom stereocenters. The number of carbonyl (C=O) groups excluding carboxylic acids is 1. The maximum atomic E-state index is 12.4. The molecule has 0 aromatic rings. The molecule has 2 rings (SSSR count). The second-order valence-corrected chi connectivity index (χ2v) is 7.99. The van der Waals surface area contributed by atoms with Crippen LogP contribution in [0.1, 0.15) is 19.8 Å². The summed E-state index contributed by atoms with van der Waals surface area (Å²) < 4.78 is 17.2. The van der Waals surface area contributed by atoms with Crippen LogP contribution in [0, 0.1) is 0 Å². The quantitative estimate of drug-likeness (QED) is 0.172.